The standard InChI is InChI=1S/C22H22N2O2/c1-17-6-2-3-9-21(17)15-24(14-19-8-5-11-23-13-19)22(26)20-10-4-7-18(12-20)16-25/h2-13,25H,14-16H2,1H3. The van der Waals surface area contributed by atoms with E-state index < -0.39 is 0 Å². The van der Waals surface area contributed by atoms with E-state index in [2.05, 4.69) is 18.0 Å². The van der Waals surface area contributed by atoms with Gasteiger partial charge in [-0.05, 0) is 47.4 Å². The highest BCUT2D eigenvalue weighted by Gasteiger charge is 2.18. The summed E-state index contributed by atoms with van der Waals surface area (Å²) in [5, 5.41) is 9.36. The molecule has 0 aliphatic heterocycles. The highest BCUT2D eigenvalue weighted by Crippen LogP contribution is 2.17. The van der Waals surface area contributed by atoms with E-state index in [1.165, 1.54) is 0 Å². The van der Waals surface area contributed by atoms with Crippen LogP contribution >= 0.6 is 0 Å². The number of hydrogen-bond donors (Lipinski definition) is 1. The second-order valence-corrected chi connectivity index (χ2v) is 6.31. The molecule has 0 spiro atoms. The first-order valence-electron chi connectivity index (χ1n) is 8.60. The highest BCUT2D eigenvalue weighted by molar-refractivity contribution is 5.94. The van der Waals surface area contributed by atoms with Gasteiger partial charge >= 0.3 is 0 Å². The number of rotatable bonds is 6. The zero-order valence-corrected chi connectivity index (χ0v) is 14.8. The highest BCUT2D eigenvalue weighted by atomic mass is 16.3. The molecule has 0 fully saturated rings. The van der Waals surface area contributed by atoms with Gasteiger partial charge in [-0.2, -0.15) is 0 Å². The summed E-state index contributed by atoms with van der Waals surface area (Å²) in [5.41, 5.74) is 4.55. The molecule has 0 bridgehead atoms. The van der Waals surface area contributed by atoms with E-state index in [0.717, 1.165) is 22.3 Å². The van der Waals surface area contributed by atoms with Gasteiger partial charge in [0, 0.05) is 31.0 Å². The third kappa shape index (κ3) is 4.35. The Balaban J connectivity index is 1.91. The Bertz CT molecular complexity index is 878. The number of amides is 1. The second kappa shape index (κ2) is 8.41. The fourth-order valence-corrected chi connectivity index (χ4v) is 2.89. The molecule has 0 radical (unpaired) electrons. The van der Waals surface area contributed by atoms with Crippen molar-refractivity contribution >= 4 is 5.91 Å². The van der Waals surface area contributed by atoms with E-state index >= 15 is 0 Å². The van der Waals surface area contributed by atoms with Gasteiger partial charge in [0.15, 0.2) is 0 Å². The average molecular weight is 346 g/mol. The molecule has 0 saturated heterocycles. The van der Waals surface area contributed by atoms with E-state index in [-0.39, 0.29) is 12.5 Å². The predicted molar refractivity (Wildman–Crippen MR) is 101 cm³/mol. The Morgan fingerprint density at radius 1 is 1.00 bits per heavy atom. The fraction of sp³-hybridized carbons (Fsp3) is 0.182. The molecule has 3 rings (SSSR count). The molecule has 0 unspecified atom stereocenters. The number of hydrogen-bond acceptors (Lipinski definition) is 3. The summed E-state index contributed by atoms with van der Waals surface area (Å²) >= 11 is 0. The summed E-state index contributed by atoms with van der Waals surface area (Å²) in [7, 11) is 0. The first-order valence-corrected chi connectivity index (χ1v) is 8.60. The molecule has 0 aliphatic rings. The third-order valence-electron chi connectivity index (χ3n) is 4.36. The zero-order valence-electron chi connectivity index (χ0n) is 14.8. The largest absolute Gasteiger partial charge is 0.392 e. The maximum Gasteiger partial charge on any atom is 0.254 e. The van der Waals surface area contributed by atoms with Crippen molar-refractivity contribution in [3.63, 3.8) is 0 Å². The summed E-state index contributed by atoms with van der Waals surface area (Å²) in [4.78, 5) is 19.1. The van der Waals surface area contributed by atoms with Crippen molar-refractivity contribution in [2.24, 2.45) is 0 Å². The number of aromatic nitrogens is 1. The van der Waals surface area contributed by atoms with Crippen LogP contribution in [-0.2, 0) is 19.7 Å². The molecule has 4 heteroatoms. The lowest BCUT2D eigenvalue weighted by atomic mass is 10.1. The van der Waals surface area contributed by atoms with Gasteiger partial charge in [-0.1, -0.05) is 42.5 Å². The van der Waals surface area contributed by atoms with Crippen molar-refractivity contribution in [3.8, 4) is 0 Å². The van der Waals surface area contributed by atoms with Crippen LogP contribution in [-0.4, -0.2) is 20.9 Å². The number of aliphatic hydroxyl groups is 1. The van der Waals surface area contributed by atoms with Crippen LogP contribution in [0.5, 0.6) is 0 Å². The van der Waals surface area contributed by atoms with Crippen LogP contribution < -0.4 is 0 Å². The number of carbonyl (C=O) groups is 1. The number of aliphatic hydroxyl groups excluding tert-OH is 1. The minimum Gasteiger partial charge on any atom is -0.392 e. The lowest BCUT2D eigenvalue weighted by molar-refractivity contribution is 0.0729. The normalized spacial score (nSPS) is 10.5. The van der Waals surface area contributed by atoms with Crippen molar-refractivity contribution in [1.29, 1.82) is 0 Å². The molecule has 132 valence electrons. The molecular formula is C22H22N2O2. The van der Waals surface area contributed by atoms with Crippen molar-refractivity contribution in [3.05, 3.63) is 101 Å². The molecule has 0 aliphatic carbocycles. The van der Waals surface area contributed by atoms with Crippen molar-refractivity contribution < 1.29 is 9.90 Å². The van der Waals surface area contributed by atoms with Gasteiger partial charge in [-0.15, -0.1) is 0 Å². The lowest BCUT2D eigenvalue weighted by Crippen LogP contribution is -2.30. The van der Waals surface area contributed by atoms with Gasteiger partial charge in [0.1, 0.15) is 0 Å². The number of carbonyl (C=O) groups excluding carboxylic acids is 1. The Labute approximate surface area is 153 Å². The van der Waals surface area contributed by atoms with Gasteiger partial charge < -0.3 is 10.0 Å². The second-order valence-electron chi connectivity index (χ2n) is 6.31. The van der Waals surface area contributed by atoms with Gasteiger partial charge in [0.05, 0.1) is 6.61 Å². The van der Waals surface area contributed by atoms with Crippen LogP contribution in [0.4, 0.5) is 0 Å². The quantitative estimate of drug-likeness (QED) is 0.740. The molecule has 26 heavy (non-hydrogen) atoms. The summed E-state index contributed by atoms with van der Waals surface area (Å²) in [6, 6.07) is 19.1. The topological polar surface area (TPSA) is 53.4 Å². The molecule has 4 nitrogen and oxygen atoms in total. The van der Waals surface area contributed by atoms with Gasteiger partial charge in [0.25, 0.3) is 5.91 Å². The molecule has 1 amide bonds. The summed E-state index contributed by atoms with van der Waals surface area (Å²) in [5.74, 6) is -0.0626. The van der Waals surface area contributed by atoms with E-state index in [0.29, 0.717) is 18.7 Å². The van der Waals surface area contributed by atoms with Gasteiger partial charge in [-0.3, -0.25) is 9.78 Å². The van der Waals surface area contributed by atoms with Crippen LogP contribution in [0.1, 0.15) is 32.6 Å². The van der Waals surface area contributed by atoms with E-state index in [9.17, 15) is 9.90 Å². The smallest absolute Gasteiger partial charge is 0.254 e. The minimum atomic E-state index is -0.0818. The van der Waals surface area contributed by atoms with Gasteiger partial charge in [0.2, 0.25) is 0 Å². The molecular weight excluding hydrogens is 324 g/mol. The van der Waals surface area contributed by atoms with E-state index in [4.69, 9.17) is 0 Å². The van der Waals surface area contributed by atoms with Gasteiger partial charge in [-0.25, -0.2) is 0 Å². The Morgan fingerprint density at radius 3 is 2.54 bits per heavy atom. The first-order chi connectivity index (χ1) is 12.7. The molecule has 2 aromatic carbocycles. The van der Waals surface area contributed by atoms with Crippen LogP contribution in [0.3, 0.4) is 0 Å². The zero-order chi connectivity index (χ0) is 18.4. The first kappa shape index (κ1) is 17.8. The maximum atomic E-state index is 13.2. The number of benzene rings is 2. The van der Waals surface area contributed by atoms with E-state index in [1.807, 2.05) is 41.3 Å². The summed E-state index contributed by atoms with van der Waals surface area (Å²) < 4.78 is 0. The van der Waals surface area contributed by atoms with Crippen molar-refractivity contribution in [2.45, 2.75) is 26.6 Å². The lowest BCUT2D eigenvalue weighted by Gasteiger charge is -2.24. The SMILES string of the molecule is Cc1ccccc1CN(Cc1cccnc1)C(=O)c1cccc(CO)c1. The van der Waals surface area contributed by atoms with Crippen LogP contribution in [0.15, 0.2) is 73.1 Å². The molecule has 3 aromatic rings. The summed E-state index contributed by atoms with van der Waals surface area (Å²) in [6.45, 7) is 2.96. The van der Waals surface area contributed by atoms with Crippen LogP contribution in [0, 0.1) is 6.92 Å². The average Bonchev–Trinajstić information content (AvgIpc) is 2.69. The Morgan fingerprint density at radius 2 is 1.81 bits per heavy atom. The monoisotopic (exact) mass is 346 g/mol. The molecule has 1 heterocycles. The third-order valence-corrected chi connectivity index (χ3v) is 4.36. The predicted octanol–water partition coefficient (Wildman–Crippen LogP) is 3.72. The van der Waals surface area contributed by atoms with Crippen molar-refractivity contribution in [1.82, 2.24) is 9.88 Å². The summed E-state index contributed by atoms with van der Waals surface area (Å²) in [6.07, 6.45) is 3.50. The number of nitrogens with zero attached hydrogens (tertiary/aromatic N) is 2. The Kier molecular flexibility index (Phi) is 5.77. The maximum absolute atomic E-state index is 13.2. The Hall–Kier alpha value is -2.98. The van der Waals surface area contributed by atoms with Crippen molar-refractivity contribution in [2.75, 3.05) is 0 Å². The minimum absolute atomic E-state index is 0.0626. The molecule has 1 aromatic heterocycles. The number of pyridine rings is 1. The molecule has 0 saturated carbocycles. The fourth-order valence-electron chi connectivity index (χ4n) is 2.89. The van der Waals surface area contributed by atoms with E-state index in [1.54, 1.807) is 30.6 Å². The van der Waals surface area contributed by atoms with Crippen LogP contribution in [0.25, 0.3) is 0 Å². The van der Waals surface area contributed by atoms with Crippen LogP contribution in [0.2, 0.25) is 0 Å². The molecule has 0 atom stereocenters. The molecule has 1 N–H and O–H groups in total. The number of aryl methyl sites for hydroxylation is 1.